The van der Waals surface area contributed by atoms with Gasteiger partial charge in [-0.2, -0.15) is 4.98 Å². The number of rotatable bonds is 3. The van der Waals surface area contributed by atoms with Crippen molar-refractivity contribution < 1.29 is 14.7 Å². The Morgan fingerprint density at radius 2 is 2.19 bits per heavy atom. The van der Waals surface area contributed by atoms with Crippen molar-refractivity contribution in [3.05, 3.63) is 29.3 Å². The van der Waals surface area contributed by atoms with Crippen molar-refractivity contribution in [3.8, 4) is 11.4 Å². The Morgan fingerprint density at radius 1 is 1.43 bits per heavy atom. The summed E-state index contributed by atoms with van der Waals surface area (Å²) in [5.41, 5.74) is 0.666. The second-order valence-corrected chi connectivity index (χ2v) is 5.11. The highest BCUT2D eigenvalue weighted by molar-refractivity contribution is 6.33. The molecule has 0 spiro atoms. The minimum absolute atomic E-state index is 0.0364. The lowest BCUT2D eigenvalue weighted by Gasteiger charge is -2.09. The number of nitrogens with one attached hydrogen (secondary N) is 1. The van der Waals surface area contributed by atoms with E-state index < -0.39 is 11.9 Å². The van der Waals surface area contributed by atoms with Crippen LogP contribution in [0, 0.1) is 5.92 Å². The lowest BCUT2D eigenvalue weighted by atomic mass is 10.1. The van der Waals surface area contributed by atoms with Crippen molar-refractivity contribution in [3.63, 3.8) is 0 Å². The number of hydrogen-bond donors (Lipinski definition) is 2. The number of anilines is 1. The van der Waals surface area contributed by atoms with E-state index in [0.717, 1.165) is 0 Å². The third-order valence-electron chi connectivity index (χ3n) is 3.32. The largest absolute Gasteiger partial charge is 0.481 e. The van der Waals surface area contributed by atoms with Crippen LogP contribution in [0.4, 0.5) is 5.95 Å². The fourth-order valence-electron chi connectivity index (χ4n) is 2.21. The molecule has 0 aliphatic carbocycles. The summed E-state index contributed by atoms with van der Waals surface area (Å²) in [5, 5.41) is 16.2. The van der Waals surface area contributed by atoms with Gasteiger partial charge in [-0.3, -0.25) is 19.6 Å². The highest BCUT2D eigenvalue weighted by atomic mass is 35.5. The van der Waals surface area contributed by atoms with E-state index >= 15 is 0 Å². The van der Waals surface area contributed by atoms with E-state index in [4.69, 9.17) is 16.7 Å². The molecular formula is C13H11ClN4O3. The third-order valence-corrected chi connectivity index (χ3v) is 3.65. The highest BCUT2D eigenvalue weighted by Gasteiger charge is 2.36. The van der Waals surface area contributed by atoms with Gasteiger partial charge in [-0.05, 0) is 12.1 Å². The maximum absolute atomic E-state index is 11.8. The number of amides is 1. The predicted molar refractivity (Wildman–Crippen MR) is 74.9 cm³/mol. The first kappa shape index (κ1) is 13.6. The summed E-state index contributed by atoms with van der Waals surface area (Å²) in [5.74, 6) is -1.42. The molecule has 3 rings (SSSR count). The lowest BCUT2D eigenvalue weighted by Crippen LogP contribution is -2.26. The van der Waals surface area contributed by atoms with Crippen LogP contribution in [-0.2, 0) is 9.59 Å². The van der Waals surface area contributed by atoms with Crippen LogP contribution < -0.4 is 4.90 Å². The van der Waals surface area contributed by atoms with Crippen LogP contribution in [0.15, 0.2) is 24.3 Å². The fraction of sp³-hybridized carbons (Fsp3) is 0.231. The molecule has 8 heteroatoms. The first-order valence-corrected chi connectivity index (χ1v) is 6.64. The van der Waals surface area contributed by atoms with E-state index in [1.165, 1.54) is 4.90 Å². The number of H-pyrrole nitrogens is 1. The number of aromatic amines is 1. The number of benzene rings is 1. The number of nitrogens with zero attached hydrogens (tertiary/aromatic N) is 3. The molecule has 108 valence electrons. The van der Waals surface area contributed by atoms with E-state index in [9.17, 15) is 9.59 Å². The Morgan fingerprint density at radius 3 is 2.86 bits per heavy atom. The monoisotopic (exact) mass is 306 g/mol. The lowest BCUT2D eigenvalue weighted by molar-refractivity contribution is -0.141. The Balaban J connectivity index is 1.88. The summed E-state index contributed by atoms with van der Waals surface area (Å²) in [6, 6.07) is 7.11. The summed E-state index contributed by atoms with van der Waals surface area (Å²) in [6.45, 7) is 0.0774. The summed E-state index contributed by atoms with van der Waals surface area (Å²) in [7, 11) is 0. The molecule has 1 atom stereocenters. The third kappa shape index (κ3) is 2.47. The van der Waals surface area contributed by atoms with Crippen LogP contribution in [0.25, 0.3) is 11.4 Å². The van der Waals surface area contributed by atoms with Crippen molar-refractivity contribution >= 4 is 29.4 Å². The molecule has 2 N–H and O–H groups in total. The van der Waals surface area contributed by atoms with Gasteiger partial charge in [-0.1, -0.05) is 23.7 Å². The van der Waals surface area contributed by atoms with Crippen molar-refractivity contribution in [1.29, 1.82) is 0 Å². The van der Waals surface area contributed by atoms with Crippen molar-refractivity contribution in [1.82, 2.24) is 15.2 Å². The smallest absolute Gasteiger partial charge is 0.308 e. The Labute approximate surface area is 124 Å². The fourth-order valence-corrected chi connectivity index (χ4v) is 2.44. The van der Waals surface area contributed by atoms with Crippen LogP contribution in [0.2, 0.25) is 5.02 Å². The maximum Gasteiger partial charge on any atom is 0.308 e. The standard InChI is InChI=1S/C13H11ClN4O3/c14-9-4-2-1-3-8(9)11-15-13(17-16-11)18-6-7(12(20)21)5-10(18)19/h1-4,7H,5-6H2,(H,20,21)(H,15,16,17). The molecule has 2 heterocycles. The molecule has 1 aliphatic rings. The summed E-state index contributed by atoms with van der Waals surface area (Å²) in [4.78, 5) is 28.3. The zero-order chi connectivity index (χ0) is 15.0. The molecule has 1 aromatic carbocycles. The molecule has 2 aromatic rings. The predicted octanol–water partition coefficient (Wildman–Crippen LogP) is 1.56. The average molecular weight is 307 g/mol. The number of halogens is 1. The molecule has 0 bridgehead atoms. The van der Waals surface area contributed by atoms with Gasteiger partial charge in [0.15, 0.2) is 5.82 Å². The van der Waals surface area contributed by atoms with Gasteiger partial charge in [0.2, 0.25) is 5.91 Å². The Hall–Kier alpha value is -2.41. The number of hydrogen-bond acceptors (Lipinski definition) is 4. The van der Waals surface area contributed by atoms with Crippen LogP contribution in [0.5, 0.6) is 0 Å². The van der Waals surface area contributed by atoms with Gasteiger partial charge >= 0.3 is 5.97 Å². The first-order valence-electron chi connectivity index (χ1n) is 6.26. The van der Waals surface area contributed by atoms with Gasteiger partial charge in [0.1, 0.15) is 0 Å². The number of carbonyl (C=O) groups excluding carboxylic acids is 1. The molecular weight excluding hydrogens is 296 g/mol. The minimum Gasteiger partial charge on any atom is -0.481 e. The second-order valence-electron chi connectivity index (χ2n) is 4.71. The number of carboxylic acid groups (broad SMARTS) is 1. The Kier molecular flexibility index (Phi) is 3.34. The number of aliphatic carboxylic acids is 1. The maximum atomic E-state index is 11.8. The molecule has 1 fully saturated rings. The molecule has 1 aromatic heterocycles. The Bertz CT molecular complexity index is 715. The first-order chi connectivity index (χ1) is 10.1. The zero-order valence-electron chi connectivity index (χ0n) is 10.8. The van der Waals surface area contributed by atoms with Crippen LogP contribution in [0.3, 0.4) is 0 Å². The summed E-state index contributed by atoms with van der Waals surface area (Å²) in [6.07, 6.45) is -0.0364. The van der Waals surface area contributed by atoms with Gasteiger partial charge in [0.05, 0.1) is 10.9 Å². The molecule has 0 saturated carbocycles. The molecule has 7 nitrogen and oxygen atoms in total. The second kappa shape index (κ2) is 5.17. The van der Waals surface area contributed by atoms with E-state index in [-0.39, 0.29) is 24.8 Å². The van der Waals surface area contributed by atoms with E-state index in [1.807, 2.05) is 6.07 Å². The molecule has 1 saturated heterocycles. The van der Waals surface area contributed by atoms with Gasteiger partial charge in [0.25, 0.3) is 5.95 Å². The van der Waals surface area contributed by atoms with Gasteiger partial charge in [-0.15, -0.1) is 5.10 Å². The van der Waals surface area contributed by atoms with Crippen molar-refractivity contribution in [2.45, 2.75) is 6.42 Å². The SMILES string of the molecule is O=C(O)C1CC(=O)N(c2n[nH]c(-c3ccccc3Cl)n2)C1. The number of carboxylic acids is 1. The van der Waals surface area contributed by atoms with E-state index in [2.05, 4.69) is 15.2 Å². The van der Waals surface area contributed by atoms with Gasteiger partial charge < -0.3 is 5.11 Å². The average Bonchev–Trinajstić information content (AvgIpc) is 3.05. The summed E-state index contributed by atoms with van der Waals surface area (Å²) >= 11 is 6.08. The molecule has 1 unspecified atom stereocenters. The van der Waals surface area contributed by atoms with Gasteiger partial charge in [-0.25, -0.2) is 0 Å². The molecule has 1 amide bonds. The molecule has 21 heavy (non-hydrogen) atoms. The van der Waals surface area contributed by atoms with Crippen LogP contribution in [0.1, 0.15) is 6.42 Å². The topological polar surface area (TPSA) is 99.2 Å². The highest BCUT2D eigenvalue weighted by Crippen LogP contribution is 2.27. The minimum atomic E-state index is -0.993. The van der Waals surface area contributed by atoms with Crippen molar-refractivity contribution in [2.24, 2.45) is 5.92 Å². The zero-order valence-corrected chi connectivity index (χ0v) is 11.5. The molecule has 1 aliphatic heterocycles. The van der Waals surface area contributed by atoms with Crippen LogP contribution in [-0.4, -0.2) is 38.7 Å². The molecule has 0 radical (unpaired) electrons. The number of aromatic nitrogens is 3. The van der Waals surface area contributed by atoms with Gasteiger partial charge in [0, 0.05) is 18.5 Å². The van der Waals surface area contributed by atoms with Crippen molar-refractivity contribution in [2.75, 3.05) is 11.4 Å². The number of carbonyl (C=O) groups is 2. The summed E-state index contributed by atoms with van der Waals surface area (Å²) < 4.78 is 0. The normalized spacial score (nSPS) is 18.2. The van der Waals surface area contributed by atoms with E-state index in [0.29, 0.717) is 16.4 Å². The van der Waals surface area contributed by atoms with E-state index in [1.54, 1.807) is 18.2 Å². The van der Waals surface area contributed by atoms with Crippen LogP contribution >= 0.6 is 11.6 Å². The quantitative estimate of drug-likeness (QED) is 0.896.